The highest BCUT2D eigenvalue weighted by atomic mass is 35.5. The van der Waals surface area contributed by atoms with E-state index in [1.165, 1.54) is 19.2 Å². The first-order valence-corrected chi connectivity index (χ1v) is 7.44. The van der Waals surface area contributed by atoms with Gasteiger partial charge in [-0.05, 0) is 18.2 Å². The summed E-state index contributed by atoms with van der Waals surface area (Å²) >= 11 is 0. The molecule has 3 aromatic rings. The molecule has 0 bridgehead atoms. The van der Waals surface area contributed by atoms with Crippen LogP contribution in [0.25, 0.3) is 10.9 Å². The number of carboxylic acids is 1. The van der Waals surface area contributed by atoms with E-state index in [2.05, 4.69) is 10.3 Å². The predicted octanol–water partition coefficient (Wildman–Crippen LogP) is 5.13. The molecule has 0 radical (unpaired) electrons. The molecule has 0 fully saturated rings. The minimum atomic E-state index is -4.61. The van der Waals surface area contributed by atoms with Gasteiger partial charge in [0.2, 0.25) is 0 Å². The van der Waals surface area contributed by atoms with Crippen LogP contribution in [-0.2, 0) is 6.18 Å². The van der Waals surface area contributed by atoms with Gasteiger partial charge >= 0.3 is 12.1 Å². The number of aromatic carboxylic acids is 1. The van der Waals surface area contributed by atoms with Crippen molar-refractivity contribution in [2.45, 2.75) is 6.18 Å². The van der Waals surface area contributed by atoms with Crippen molar-refractivity contribution in [1.82, 2.24) is 4.98 Å². The number of nitrogens with one attached hydrogen (secondary N) is 1. The lowest BCUT2D eigenvalue weighted by molar-refractivity contribution is -0.136. The van der Waals surface area contributed by atoms with Gasteiger partial charge in [0.25, 0.3) is 0 Å². The van der Waals surface area contributed by atoms with Gasteiger partial charge in [-0.2, -0.15) is 13.2 Å². The van der Waals surface area contributed by atoms with Crippen LogP contribution in [0.15, 0.2) is 48.7 Å². The number of para-hydroxylation sites is 1. The molecule has 0 amide bonds. The molecule has 0 aliphatic rings. The Morgan fingerprint density at radius 2 is 1.89 bits per heavy atom. The lowest BCUT2D eigenvalue weighted by Crippen LogP contribution is -2.09. The topological polar surface area (TPSA) is 71.5 Å². The molecule has 3 rings (SSSR count). The fraction of sp³-hybridized carbons (Fsp3) is 0.111. The third kappa shape index (κ3) is 4.06. The second-order valence-electron chi connectivity index (χ2n) is 5.41. The summed E-state index contributed by atoms with van der Waals surface area (Å²) < 4.78 is 44.8. The first-order valence-electron chi connectivity index (χ1n) is 7.44. The maximum atomic E-state index is 13.2. The van der Waals surface area contributed by atoms with E-state index in [4.69, 9.17) is 4.74 Å². The summed E-state index contributed by atoms with van der Waals surface area (Å²) in [5.41, 5.74) is -0.991. The molecule has 0 atom stereocenters. The number of carbonyl (C=O) groups is 1. The van der Waals surface area contributed by atoms with Crippen LogP contribution >= 0.6 is 12.4 Å². The molecule has 142 valence electrons. The summed E-state index contributed by atoms with van der Waals surface area (Å²) in [6.07, 6.45) is -3.69. The molecule has 0 spiro atoms. The molecule has 0 aliphatic carbocycles. The van der Waals surface area contributed by atoms with E-state index in [1.54, 1.807) is 24.3 Å². The van der Waals surface area contributed by atoms with Gasteiger partial charge in [0.1, 0.15) is 11.3 Å². The zero-order valence-electron chi connectivity index (χ0n) is 13.9. The number of carboxylic acid groups (broad SMARTS) is 1. The Morgan fingerprint density at radius 3 is 2.52 bits per heavy atom. The summed E-state index contributed by atoms with van der Waals surface area (Å²) in [6.45, 7) is 0. The molecule has 9 heteroatoms. The van der Waals surface area contributed by atoms with Crippen molar-refractivity contribution in [3.8, 4) is 5.75 Å². The molecule has 27 heavy (non-hydrogen) atoms. The molecule has 1 aromatic heterocycles. The number of fused-ring (bicyclic) bond motifs is 1. The fourth-order valence-corrected chi connectivity index (χ4v) is 2.59. The second-order valence-corrected chi connectivity index (χ2v) is 5.41. The number of rotatable bonds is 4. The Balaban J connectivity index is 0.00000261. The monoisotopic (exact) mass is 398 g/mol. The first-order chi connectivity index (χ1) is 12.3. The highest BCUT2D eigenvalue weighted by Gasteiger charge is 2.34. The van der Waals surface area contributed by atoms with Crippen LogP contribution in [0.5, 0.6) is 5.75 Å². The summed E-state index contributed by atoms with van der Waals surface area (Å²) in [5, 5.41) is 12.3. The van der Waals surface area contributed by atoms with Crippen molar-refractivity contribution in [2.24, 2.45) is 0 Å². The highest BCUT2D eigenvalue weighted by molar-refractivity contribution is 6.06. The maximum Gasteiger partial charge on any atom is 0.418 e. The number of alkyl halides is 3. The zero-order chi connectivity index (χ0) is 18.9. The van der Waals surface area contributed by atoms with Crippen LogP contribution in [0.2, 0.25) is 0 Å². The number of ether oxygens (including phenoxy) is 1. The summed E-state index contributed by atoms with van der Waals surface area (Å²) in [4.78, 5) is 15.3. The van der Waals surface area contributed by atoms with E-state index in [0.29, 0.717) is 11.4 Å². The Kier molecular flexibility index (Phi) is 5.80. The quantitative estimate of drug-likeness (QED) is 0.637. The van der Waals surface area contributed by atoms with Crippen molar-refractivity contribution in [3.63, 3.8) is 0 Å². The number of benzene rings is 2. The molecule has 5 nitrogen and oxygen atoms in total. The molecular weight excluding hydrogens is 385 g/mol. The number of pyridine rings is 1. The Labute approximate surface area is 158 Å². The lowest BCUT2D eigenvalue weighted by atomic mass is 10.0. The smallest absolute Gasteiger partial charge is 0.418 e. The average molecular weight is 399 g/mol. The van der Waals surface area contributed by atoms with E-state index < -0.39 is 17.7 Å². The van der Waals surface area contributed by atoms with Crippen LogP contribution in [-0.4, -0.2) is 23.2 Å². The van der Waals surface area contributed by atoms with Crippen molar-refractivity contribution >= 4 is 40.7 Å². The molecule has 1 heterocycles. The molecule has 0 saturated carbocycles. The molecule has 2 N–H and O–H groups in total. The standard InChI is InChI=1S/C18H13F3N2O3.ClH/c1-26-11-5-2-4-10(8-11)23-15-12-6-3-7-14(18(19,20)21)16(12)22-9-13(15)17(24)25;/h2-9H,1H3,(H,22,23)(H,24,25);1H. The van der Waals surface area contributed by atoms with Crippen LogP contribution in [0.3, 0.4) is 0 Å². The summed E-state index contributed by atoms with van der Waals surface area (Å²) in [5.74, 6) is -0.788. The highest BCUT2D eigenvalue weighted by Crippen LogP contribution is 2.38. The van der Waals surface area contributed by atoms with Crippen molar-refractivity contribution in [2.75, 3.05) is 12.4 Å². The Hall–Kier alpha value is -3.00. The van der Waals surface area contributed by atoms with Crippen LogP contribution in [0.1, 0.15) is 15.9 Å². The Morgan fingerprint density at radius 1 is 1.19 bits per heavy atom. The largest absolute Gasteiger partial charge is 0.497 e. The van der Waals surface area contributed by atoms with Gasteiger partial charge in [0, 0.05) is 23.3 Å². The van der Waals surface area contributed by atoms with Crippen molar-refractivity contribution in [3.05, 3.63) is 59.8 Å². The van der Waals surface area contributed by atoms with Gasteiger partial charge in [-0.3, -0.25) is 4.98 Å². The molecule has 0 aliphatic heterocycles. The second kappa shape index (κ2) is 7.71. The van der Waals surface area contributed by atoms with Gasteiger partial charge < -0.3 is 15.2 Å². The zero-order valence-corrected chi connectivity index (χ0v) is 14.7. The predicted molar refractivity (Wildman–Crippen MR) is 97.2 cm³/mol. The summed E-state index contributed by atoms with van der Waals surface area (Å²) in [7, 11) is 1.47. The number of anilines is 2. The van der Waals surface area contributed by atoms with E-state index >= 15 is 0 Å². The number of methoxy groups -OCH3 is 1. The third-order valence-electron chi connectivity index (χ3n) is 3.77. The van der Waals surface area contributed by atoms with Crippen LogP contribution in [0.4, 0.5) is 24.5 Å². The van der Waals surface area contributed by atoms with E-state index in [-0.39, 0.29) is 34.6 Å². The molecular formula is C18H14ClF3N2O3. The number of hydrogen-bond donors (Lipinski definition) is 2. The van der Waals surface area contributed by atoms with Gasteiger partial charge in [-0.25, -0.2) is 4.79 Å². The summed E-state index contributed by atoms with van der Waals surface area (Å²) in [6, 6.07) is 10.1. The first kappa shape index (κ1) is 20.3. The van der Waals surface area contributed by atoms with E-state index in [9.17, 15) is 23.1 Å². The Bertz CT molecular complexity index is 993. The van der Waals surface area contributed by atoms with Crippen molar-refractivity contribution < 1.29 is 27.8 Å². The fourth-order valence-electron chi connectivity index (χ4n) is 2.59. The van der Waals surface area contributed by atoms with Gasteiger partial charge in [0.15, 0.2) is 0 Å². The number of hydrogen-bond acceptors (Lipinski definition) is 4. The minimum absolute atomic E-state index is 0. The van der Waals surface area contributed by atoms with E-state index in [0.717, 1.165) is 12.3 Å². The normalized spacial score (nSPS) is 11.0. The number of nitrogens with zero attached hydrogens (tertiary/aromatic N) is 1. The molecule has 0 unspecified atom stereocenters. The van der Waals surface area contributed by atoms with E-state index in [1.807, 2.05) is 0 Å². The van der Waals surface area contributed by atoms with Gasteiger partial charge in [-0.15, -0.1) is 12.4 Å². The van der Waals surface area contributed by atoms with Crippen LogP contribution in [0, 0.1) is 0 Å². The molecule has 2 aromatic carbocycles. The van der Waals surface area contributed by atoms with Gasteiger partial charge in [0.05, 0.1) is 23.9 Å². The average Bonchev–Trinajstić information content (AvgIpc) is 2.60. The van der Waals surface area contributed by atoms with Gasteiger partial charge in [-0.1, -0.05) is 18.2 Å². The number of aromatic nitrogens is 1. The van der Waals surface area contributed by atoms with Crippen molar-refractivity contribution in [1.29, 1.82) is 0 Å². The van der Waals surface area contributed by atoms with Crippen LogP contribution < -0.4 is 10.1 Å². The molecule has 0 saturated heterocycles. The lowest BCUT2D eigenvalue weighted by Gasteiger charge is -2.16. The third-order valence-corrected chi connectivity index (χ3v) is 3.77. The maximum absolute atomic E-state index is 13.2. The number of halogens is 4. The minimum Gasteiger partial charge on any atom is -0.497 e. The SMILES string of the molecule is COc1cccc(Nc2c(C(=O)O)cnc3c(C(F)(F)F)cccc23)c1.Cl.